The van der Waals surface area contributed by atoms with Gasteiger partial charge in [0.2, 0.25) is 5.78 Å². The van der Waals surface area contributed by atoms with Gasteiger partial charge in [0.1, 0.15) is 17.3 Å². The highest BCUT2D eigenvalue weighted by Crippen LogP contribution is 2.29. The van der Waals surface area contributed by atoms with Crippen molar-refractivity contribution >= 4 is 17.4 Å². The van der Waals surface area contributed by atoms with E-state index < -0.39 is 0 Å². The van der Waals surface area contributed by atoms with Crippen LogP contribution >= 0.6 is 11.6 Å². The van der Waals surface area contributed by atoms with E-state index in [1.54, 1.807) is 25.1 Å². The zero-order valence-corrected chi connectivity index (χ0v) is 12.1. The summed E-state index contributed by atoms with van der Waals surface area (Å²) in [5, 5.41) is 0.500. The van der Waals surface area contributed by atoms with Crippen LogP contribution in [0.3, 0.4) is 0 Å². The van der Waals surface area contributed by atoms with Crippen molar-refractivity contribution in [1.82, 2.24) is 0 Å². The van der Waals surface area contributed by atoms with Gasteiger partial charge >= 0.3 is 0 Å². The van der Waals surface area contributed by atoms with Gasteiger partial charge in [0, 0.05) is 10.6 Å². The van der Waals surface area contributed by atoms with Gasteiger partial charge < -0.3 is 9.15 Å². The molecule has 2 aromatic rings. The highest BCUT2D eigenvalue weighted by Gasteiger charge is 2.22. The number of furan rings is 1. The maximum absolute atomic E-state index is 12.6. The maximum atomic E-state index is 12.6. The monoisotopic (exact) mass is 278 g/mol. The molecule has 19 heavy (non-hydrogen) atoms. The Morgan fingerprint density at radius 2 is 1.89 bits per heavy atom. The number of carbonyl (C=O) groups is 1. The van der Waals surface area contributed by atoms with Gasteiger partial charge in [0.15, 0.2) is 0 Å². The Hall–Kier alpha value is -1.74. The van der Waals surface area contributed by atoms with Crippen molar-refractivity contribution in [1.29, 1.82) is 0 Å². The second kappa shape index (κ2) is 5.10. The number of methoxy groups -OCH3 is 1. The first kappa shape index (κ1) is 13.7. The van der Waals surface area contributed by atoms with Gasteiger partial charge in [0.05, 0.1) is 18.2 Å². The lowest BCUT2D eigenvalue weighted by atomic mass is 9.99. The Bertz CT molecular complexity index is 641. The van der Waals surface area contributed by atoms with E-state index in [9.17, 15) is 4.79 Å². The Morgan fingerprint density at radius 3 is 2.42 bits per heavy atom. The molecule has 0 atom stereocenters. The van der Waals surface area contributed by atoms with Crippen LogP contribution in [-0.4, -0.2) is 12.9 Å². The molecule has 0 N–H and O–H groups in total. The molecule has 4 heteroatoms. The van der Waals surface area contributed by atoms with E-state index >= 15 is 0 Å². The molecule has 0 unspecified atom stereocenters. The van der Waals surface area contributed by atoms with Crippen LogP contribution in [0.25, 0.3) is 0 Å². The average molecular weight is 279 g/mol. The van der Waals surface area contributed by atoms with Crippen LogP contribution in [0.4, 0.5) is 0 Å². The van der Waals surface area contributed by atoms with Crippen molar-refractivity contribution in [2.75, 3.05) is 7.11 Å². The molecule has 100 valence electrons. The topological polar surface area (TPSA) is 39.4 Å². The fourth-order valence-corrected chi connectivity index (χ4v) is 2.29. The number of ketones is 1. The van der Waals surface area contributed by atoms with E-state index in [-0.39, 0.29) is 5.78 Å². The standard InChI is InChI=1S/C15H15ClO3/c1-8-9(2)19-10(3)14(8)15(17)12-7-11(16)5-6-13(12)18-4/h5-7H,1-4H3. The largest absolute Gasteiger partial charge is 0.496 e. The quantitative estimate of drug-likeness (QED) is 0.794. The number of carbonyl (C=O) groups excluding carboxylic acids is 1. The third-order valence-electron chi connectivity index (χ3n) is 3.19. The molecule has 1 aromatic heterocycles. The highest BCUT2D eigenvalue weighted by molar-refractivity contribution is 6.31. The fraction of sp³-hybridized carbons (Fsp3) is 0.267. The van der Waals surface area contributed by atoms with Crippen molar-refractivity contribution in [3.63, 3.8) is 0 Å². The minimum Gasteiger partial charge on any atom is -0.496 e. The van der Waals surface area contributed by atoms with Crippen LogP contribution in [-0.2, 0) is 0 Å². The van der Waals surface area contributed by atoms with Crippen LogP contribution in [0.5, 0.6) is 5.75 Å². The number of ether oxygens (including phenoxy) is 1. The summed E-state index contributed by atoms with van der Waals surface area (Å²) in [7, 11) is 1.53. The Morgan fingerprint density at radius 1 is 1.21 bits per heavy atom. The van der Waals surface area contributed by atoms with Gasteiger partial charge in [-0.15, -0.1) is 0 Å². The van der Waals surface area contributed by atoms with E-state index in [4.69, 9.17) is 20.8 Å². The van der Waals surface area contributed by atoms with Gasteiger partial charge in [-0.2, -0.15) is 0 Å². The molecule has 0 saturated carbocycles. The summed E-state index contributed by atoms with van der Waals surface area (Å²) in [5.41, 5.74) is 1.88. The summed E-state index contributed by atoms with van der Waals surface area (Å²) in [6.45, 7) is 5.49. The summed E-state index contributed by atoms with van der Waals surface area (Å²) < 4.78 is 10.7. The zero-order valence-electron chi connectivity index (χ0n) is 11.3. The predicted molar refractivity (Wildman–Crippen MR) is 74.4 cm³/mol. The third kappa shape index (κ3) is 2.38. The predicted octanol–water partition coefficient (Wildman–Crippen LogP) is 4.10. The van der Waals surface area contributed by atoms with Crippen molar-refractivity contribution in [3.8, 4) is 5.75 Å². The molecule has 0 amide bonds. The SMILES string of the molecule is COc1ccc(Cl)cc1C(=O)c1c(C)oc(C)c1C. The molecule has 3 nitrogen and oxygen atoms in total. The highest BCUT2D eigenvalue weighted by atomic mass is 35.5. The number of benzene rings is 1. The first-order valence-corrected chi connectivity index (χ1v) is 6.28. The summed E-state index contributed by atoms with van der Waals surface area (Å²) in [6, 6.07) is 4.99. The second-order valence-electron chi connectivity index (χ2n) is 4.39. The molecule has 0 fully saturated rings. The molecule has 1 heterocycles. The number of aryl methyl sites for hydroxylation is 2. The van der Waals surface area contributed by atoms with Gasteiger partial charge in [-0.25, -0.2) is 0 Å². The maximum Gasteiger partial charge on any atom is 0.200 e. The van der Waals surface area contributed by atoms with Crippen molar-refractivity contribution in [3.05, 3.63) is 51.4 Å². The lowest BCUT2D eigenvalue weighted by molar-refractivity contribution is 0.103. The molecular weight excluding hydrogens is 264 g/mol. The smallest absolute Gasteiger partial charge is 0.200 e. The van der Waals surface area contributed by atoms with Crippen molar-refractivity contribution in [2.24, 2.45) is 0 Å². The number of rotatable bonds is 3. The Balaban J connectivity index is 2.59. The number of halogens is 1. The molecule has 0 saturated heterocycles. The number of hydrogen-bond acceptors (Lipinski definition) is 3. The number of hydrogen-bond donors (Lipinski definition) is 0. The molecule has 0 bridgehead atoms. The molecule has 1 aromatic carbocycles. The molecule has 2 rings (SSSR count). The average Bonchev–Trinajstić information content (AvgIpc) is 2.62. The van der Waals surface area contributed by atoms with Crippen molar-refractivity contribution in [2.45, 2.75) is 20.8 Å². The normalized spacial score (nSPS) is 10.6. The van der Waals surface area contributed by atoms with Gasteiger partial charge in [-0.3, -0.25) is 4.79 Å². The van der Waals surface area contributed by atoms with Crippen LogP contribution in [0.1, 0.15) is 33.0 Å². The molecular formula is C15H15ClO3. The van der Waals surface area contributed by atoms with Gasteiger partial charge in [0.25, 0.3) is 0 Å². The van der Waals surface area contributed by atoms with E-state index in [1.807, 2.05) is 13.8 Å². The second-order valence-corrected chi connectivity index (χ2v) is 4.82. The summed E-state index contributed by atoms with van der Waals surface area (Å²) in [4.78, 5) is 12.6. The van der Waals surface area contributed by atoms with Crippen LogP contribution in [0.15, 0.2) is 22.6 Å². The molecule has 0 spiro atoms. The van der Waals surface area contributed by atoms with E-state index in [2.05, 4.69) is 0 Å². The first-order valence-electron chi connectivity index (χ1n) is 5.90. The third-order valence-corrected chi connectivity index (χ3v) is 3.43. The lowest BCUT2D eigenvalue weighted by Gasteiger charge is -2.08. The van der Waals surface area contributed by atoms with E-state index in [1.165, 1.54) is 7.11 Å². The summed E-state index contributed by atoms with van der Waals surface area (Å²) >= 11 is 5.96. The van der Waals surface area contributed by atoms with Crippen LogP contribution < -0.4 is 4.74 Å². The first-order chi connectivity index (χ1) is 8.95. The summed E-state index contributed by atoms with van der Waals surface area (Å²) in [5.74, 6) is 1.74. The van der Waals surface area contributed by atoms with Crippen LogP contribution in [0, 0.1) is 20.8 Å². The van der Waals surface area contributed by atoms with Crippen LogP contribution in [0.2, 0.25) is 5.02 Å². The molecule has 0 radical (unpaired) electrons. The minimum atomic E-state index is -0.133. The summed E-state index contributed by atoms with van der Waals surface area (Å²) in [6.07, 6.45) is 0. The van der Waals surface area contributed by atoms with Crippen molar-refractivity contribution < 1.29 is 13.9 Å². The molecule has 0 aliphatic heterocycles. The van der Waals surface area contributed by atoms with Gasteiger partial charge in [-0.05, 0) is 39.0 Å². The van der Waals surface area contributed by atoms with Gasteiger partial charge in [-0.1, -0.05) is 11.6 Å². The minimum absolute atomic E-state index is 0.133. The lowest BCUT2D eigenvalue weighted by Crippen LogP contribution is -2.06. The molecule has 0 aliphatic carbocycles. The Kier molecular flexibility index (Phi) is 3.67. The van der Waals surface area contributed by atoms with E-state index in [0.717, 1.165) is 11.3 Å². The molecule has 0 aliphatic rings. The zero-order chi connectivity index (χ0) is 14.2. The van der Waals surface area contributed by atoms with E-state index in [0.29, 0.717) is 27.7 Å². The Labute approximate surface area is 117 Å². The fourth-order valence-electron chi connectivity index (χ4n) is 2.12.